The first kappa shape index (κ1) is 18.2. The third-order valence-corrected chi connectivity index (χ3v) is 3.78. The number of imidazole rings is 1. The maximum absolute atomic E-state index is 14.2. The second-order valence-electron chi connectivity index (χ2n) is 4.88. The van der Waals surface area contributed by atoms with Crippen molar-refractivity contribution in [2.45, 2.75) is 32.4 Å². The molecule has 1 aromatic heterocycles. The maximum atomic E-state index is 14.2. The second-order valence-corrected chi connectivity index (χ2v) is 5.91. The molecule has 0 aliphatic heterocycles. The molecule has 0 radical (unpaired) electrons. The third kappa shape index (κ3) is 3.70. The molecule has 0 amide bonds. The Balaban J connectivity index is 2.62. The number of alkyl halides is 3. The number of rotatable bonds is 5. The van der Waals surface area contributed by atoms with Gasteiger partial charge in [0.2, 0.25) is 0 Å². The Labute approximate surface area is 145 Å². The van der Waals surface area contributed by atoms with E-state index >= 15 is 0 Å². The summed E-state index contributed by atoms with van der Waals surface area (Å²) in [5.74, 6) is -1.02. The molecule has 23 heavy (non-hydrogen) atoms. The molecule has 1 heterocycles. The summed E-state index contributed by atoms with van der Waals surface area (Å²) in [6.45, 7) is 0.589. The van der Waals surface area contributed by atoms with Crippen molar-refractivity contribution in [3.63, 3.8) is 0 Å². The van der Waals surface area contributed by atoms with Crippen LogP contribution in [0.4, 0.5) is 13.2 Å². The molecule has 0 saturated carbocycles. The lowest BCUT2D eigenvalue weighted by Gasteiger charge is -2.13. The number of hydrogen-bond donors (Lipinski definition) is 0. The summed E-state index contributed by atoms with van der Waals surface area (Å²) in [7, 11) is 0. The lowest BCUT2D eigenvalue weighted by molar-refractivity contribution is 0.0681. The van der Waals surface area contributed by atoms with Gasteiger partial charge in [-0.1, -0.05) is 23.2 Å². The largest absolute Gasteiger partial charge is 0.489 e. The Hall–Kier alpha value is -1.11. The molecule has 0 aliphatic carbocycles. The van der Waals surface area contributed by atoms with Crippen molar-refractivity contribution < 1.29 is 17.9 Å². The molecule has 0 aliphatic rings. The number of ether oxygens (including phenoxy) is 1. The molecule has 0 atom stereocenters. The molecule has 0 spiro atoms. The number of nitrogens with zero attached hydrogens (tertiary/aromatic N) is 2. The fourth-order valence-corrected chi connectivity index (χ4v) is 2.67. The van der Waals surface area contributed by atoms with Gasteiger partial charge in [0, 0.05) is 5.56 Å². The first-order chi connectivity index (χ1) is 10.8. The lowest BCUT2D eigenvalue weighted by atomic mass is 10.1. The van der Waals surface area contributed by atoms with Crippen LogP contribution in [0.1, 0.15) is 26.2 Å². The van der Waals surface area contributed by atoms with Gasteiger partial charge in [-0.05, 0) is 26.0 Å². The normalized spacial score (nSPS) is 11.6. The Morgan fingerprint density at radius 2 is 1.91 bits per heavy atom. The standard InChI is InChI=1S/C14H12Cl3F3N2O/c1-6(2)23-10-3-7(9(18)4-8(10)16)12-13(17)22(14(19)20)11(5-15)21-12/h3-4,6,14H,5H2,1-2H3. The highest BCUT2D eigenvalue weighted by Gasteiger charge is 2.24. The van der Waals surface area contributed by atoms with Crippen molar-refractivity contribution in [1.29, 1.82) is 0 Å². The number of halogens is 6. The van der Waals surface area contributed by atoms with E-state index in [9.17, 15) is 13.2 Å². The summed E-state index contributed by atoms with van der Waals surface area (Å²) in [5.41, 5.74) is -0.244. The smallest absolute Gasteiger partial charge is 0.321 e. The van der Waals surface area contributed by atoms with Crippen LogP contribution in [-0.2, 0) is 5.88 Å². The van der Waals surface area contributed by atoms with Gasteiger partial charge in [-0.2, -0.15) is 8.78 Å². The van der Waals surface area contributed by atoms with Gasteiger partial charge in [0.25, 0.3) is 0 Å². The van der Waals surface area contributed by atoms with E-state index in [1.165, 1.54) is 6.07 Å². The van der Waals surface area contributed by atoms with E-state index in [-0.39, 0.29) is 39.8 Å². The van der Waals surface area contributed by atoms with E-state index < -0.39 is 17.5 Å². The van der Waals surface area contributed by atoms with Crippen molar-refractivity contribution >= 4 is 34.8 Å². The first-order valence-electron chi connectivity index (χ1n) is 6.53. The number of aromatic nitrogens is 2. The van der Waals surface area contributed by atoms with Crippen LogP contribution in [0.15, 0.2) is 12.1 Å². The fraction of sp³-hybridized carbons (Fsp3) is 0.357. The van der Waals surface area contributed by atoms with E-state index in [1.807, 2.05) is 0 Å². The first-order valence-corrected chi connectivity index (χ1v) is 7.82. The molecular formula is C14H12Cl3F3N2O. The lowest BCUT2D eigenvalue weighted by Crippen LogP contribution is -2.06. The molecule has 9 heteroatoms. The minimum absolute atomic E-state index is 0.0573. The highest BCUT2D eigenvalue weighted by atomic mass is 35.5. The summed E-state index contributed by atoms with van der Waals surface area (Å²) in [4.78, 5) is 3.91. The maximum Gasteiger partial charge on any atom is 0.321 e. The third-order valence-electron chi connectivity index (χ3n) is 2.88. The topological polar surface area (TPSA) is 27.1 Å². The van der Waals surface area contributed by atoms with Gasteiger partial charge in [-0.3, -0.25) is 4.57 Å². The van der Waals surface area contributed by atoms with E-state index in [4.69, 9.17) is 39.5 Å². The van der Waals surface area contributed by atoms with Crippen LogP contribution in [0, 0.1) is 5.82 Å². The zero-order valence-electron chi connectivity index (χ0n) is 12.1. The molecule has 0 bridgehead atoms. The summed E-state index contributed by atoms with van der Waals surface area (Å²) in [5, 5.41) is -0.352. The highest BCUT2D eigenvalue weighted by Crippen LogP contribution is 2.38. The summed E-state index contributed by atoms with van der Waals surface area (Å²) < 4.78 is 46.2. The predicted octanol–water partition coefficient (Wildman–Crippen LogP) is 5.92. The van der Waals surface area contributed by atoms with Crippen LogP contribution in [0.25, 0.3) is 11.3 Å². The van der Waals surface area contributed by atoms with Crippen molar-refractivity contribution in [3.05, 3.63) is 34.0 Å². The summed E-state index contributed by atoms with van der Waals surface area (Å²) in [6.07, 6.45) is -0.210. The number of benzene rings is 1. The van der Waals surface area contributed by atoms with Crippen LogP contribution in [-0.4, -0.2) is 15.7 Å². The molecular weight excluding hydrogens is 376 g/mol. The van der Waals surface area contributed by atoms with Gasteiger partial charge in [-0.25, -0.2) is 9.37 Å². The predicted molar refractivity (Wildman–Crippen MR) is 84.2 cm³/mol. The Morgan fingerprint density at radius 3 is 2.39 bits per heavy atom. The van der Waals surface area contributed by atoms with Gasteiger partial charge in [-0.15, -0.1) is 11.6 Å². The van der Waals surface area contributed by atoms with Crippen LogP contribution in [0.2, 0.25) is 10.2 Å². The second kappa shape index (κ2) is 7.20. The Morgan fingerprint density at radius 1 is 1.26 bits per heavy atom. The van der Waals surface area contributed by atoms with Crippen LogP contribution < -0.4 is 4.74 Å². The van der Waals surface area contributed by atoms with Crippen LogP contribution in [0.5, 0.6) is 5.75 Å². The summed E-state index contributed by atoms with van der Waals surface area (Å²) >= 11 is 17.5. The molecule has 0 fully saturated rings. The molecule has 1 aromatic carbocycles. The highest BCUT2D eigenvalue weighted by molar-refractivity contribution is 6.33. The molecule has 2 aromatic rings. The van der Waals surface area contributed by atoms with Crippen molar-refractivity contribution in [2.24, 2.45) is 0 Å². The Kier molecular flexibility index (Phi) is 5.70. The minimum Gasteiger partial charge on any atom is -0.489 e. The minimum atomic E-state index is -2.95. The van der Waals surface area contributed by atoms with Crippen molar-refractivity contribution in [2.75, 3.05) is 0 Å². The summed E-state index contributed by atoms with van der Waals surface area (Å²) in [6, 6.07) is 2.30. The fourth-order valence-electron chi connectivity index (χ4n) is 1.98. The van der Waals surface area contributed by atoms with Gasteiger partial charge in [0.05, 0.1) is 17.0 Å². The molecule has 126 valence electrons. The number of hydrogen-bond acceptors (Lipinski definition) is 2. The SMILES string of the molecule is CC(C)Oc1cc(-c2nc(CCl)n(C(F)F)c2Cl)c(F)cc1Cl. The monoisotopic (exact) mass is 386 g/mol. The quantitative estimate of drug-likeness (QED) is 0.596. The van der Waals surface area contributed by atoms with Crippen molar-refractivity contribution in [3.8, 4) is 17.0 Å². The van der Waals surface area contributed by atoms with Gasteiger partial charge in [0.15, 0.2) is 0 Å². The van der Waals surface area contributed by atoms with E-state index in [1.54, 1.807) is 13.8 Å². The van der Waals surface area contributed by atoms with Crippen LogP contribution in [0.3, 0.4) is 0 Å². The average Bonchev–Trinajstić information content (AvgIpc) is 2.78. The Bertz CT molecular complexity index is 720. The van der Waals surface area contributed by atoms with Gasteiger partial charge in [0.1, 0.15) is 28.2 Å². The van der Waals surface area contributed by atoms with Gasteiger partial charge < -0.3 is 4.74 Å². The molecule has 2 rings (SSSR count). The van der Waals surface area contributed by atoms with E-state index in [0.717, 1.165) is 6.07 Å². The average molecular weight is 388 g/mol. The molecule has 0 N–H and O–H groups in total. The van der Waals surface area contributed by atoms with Crippen molar-refractivity contribution in [1.82, 2.24) is 9.55 Å². The zero-order valence-corrected chi connectivity index (χ0v) is 14.4. The van der Waals surface area contributed by atoms with E-state index in [2.05, 4.69) is 4.98 Å². The molecule has 0 saturated heterocycles. The van der Waals surface area contributed by atoms with Gasteiger partial charge >= 0.3 is 6.55 Å². The zero-order chi connectivity index (χ0) is 17.3. The molecule has 0 unspecified atom stereocenters. The molecule has 3 nitrogen and oxygen atoms in total. The van der Waals surface area contributed by atoms with Crippen LogP contribution >= 0.6 is 34.8 Å². The van der Waals surface area contributed by atoms with E-state index in [0.29, 0.717) is 4.57 Å².